The van der Waals surface area contributed by atoms with Crippen LogP contribution in [0.1, 0.15) is 52.9 Å². The van der Waals surface area contributed by atoms with E-state index in [9.17, 15) is 0 Å². The largest absolute Gasteiger partial charge is 0.381 e. The van der Waals surface area contributed by atoms with Gasteiger partial charge in [-0.1, -0.05) is 20.8 Å². The van der Waals surface area contributed by atoms with Crippen LogP contribution in [0.25, 0.3) is 0 Å². The molecule has 0 aromatic rings. The molecule has 0 amide bonds. The lowest BCUT2D eigenvalue weighted by Gasteiger charge is -2.41. The van der Waals surface area contributed by atoms with Crippen molar-refractivity contribution in [3.05, 3.63) is 0 Å². The molecule has 0 aromatic heterocycles. The van der Waals surface area contributed by atoms with Gasteiger partial charge in [0.15, 0.2) is 0 Å². The Hall–Kier alpha value is -0.120. The molecule has 2 heterocycles. The lowest BCUT2D eigenvalue weighted by Crippen LogP contribution is -2.49. The van der Waals surface area contributed by atoms with Gasteiger partial charge in [0.1, 0.15) is 0 Å². The van der Waals surface area contributed by atoms with Crippen molar-refractivity contribution < 1.29 is 4.74 Å². The zero-order chi connectivity index (χ0) is 15.1. The van der Waals surface area contributed by atoms with E-state index in [1.807, 2.05) is 0 Å². The Labute approximate surface area is 131 Å². The number of nitrogens with one attached hydrogen (secondary N) is 1. The van der Waals surface area contributed by atoms with Crippen molar-refractivity contribution in [2.75, 3.05) is 45.9 Å². The second kappa shape index (κ2) is 8.50. The van der Waals surface area contributed by atoms with Gasteiger partial charge in [0.2, 0.25) is 0 Å². The fraction of sp³-hybridized carbons (Fsp3) is 1.00. The minimum absolute atomic E-state index is 0.348. The molecule has 21 heavy (non-hydrogen) atoms. The van der Waals surface area contributed by atoms with E-state index in [0.717, 1.165) is 38.1 Å². The standard InChI is InChI=1S/C18H36N2O/c1-16(2)12-19-13-18(8-5-11-21-15-18)14-20-9-4-6-17(3)7-10-20/h16-17,19H,4-15H2,1-3H3. The van der Waals surface area contributed by atoms with Gasteiger partial charge in [-0.25, -0.2) is 0 Å². The molecule has 3 nitrogen and oxygen atoms in total. The van der Waals surface area contributed by atoms with Crippen LogP contribution >= 0.6 is 0 Å². The van der Waals surface area contributed by atoms with E-state index in [4.69, 9.17) is 4.74 Å². The topological polar surface area (TPSA) is 24.5 Å². The summed E-state index contributed by atoms with van der Waals surface area (Å²) in [6.07, 6.45) is 6.71. The summed E-state index contributed by atoms with van der Waals surface area (Å²) in [5.41, 5.74) is 0.348. The smallest absolute Gasteiger partial charge is 0.0546 e. The van der Waals surface area contributed by atoms with Gasteiger partial charge in [-0.3, -0.25) is 0 Å². The van der Waals surface area contributed by atoms with Crippen LogP contribution in [0.2, 0.25) is 0 Å². The van der Waals surface area contributed by atoms with Gasteiger partial charge < -0.3 is 15.0 Å². The third-order valence-corrected chi connectivity index (χ3v) is 5.13. The van der Waals surface area contributed by atoms with Crippen molar-refractivity contribution in [2.24, 2.45) is 17.3 Å². The molecule has 2 fully saturated rings. The molecule has 0 bridgehead atoms. The van der Waals surface area contributed by atoms with E-state index in [2.05, 4.69) is 31.0 Å². The van der Waals surface area contributed by atoms with Gasteiger partial charge in [-0.05, 0) is 63.6 Å². The monoisotopic (exact) mass is 296 g/mol. The molecule has 0 saturated carbocycles. The first-order valence-electron chi connectivity index (χ1n) is 9.10. The number of nitrogens with zero attached hydrogens (tertiary/aromatic N) is 1. The molecule has 2 saturated heterocycles. The number of rotatable bonds is 6. The fourth-order valence-electron chi connectivity index (χ4n) is 3.81. The highest BCUT2D eigenvalue weighted by atomic mass is 16.5. The van der Waals surface area contributed by atoms with E-state index < -0.39 is 0 Å². The molecule has 3 heteroatoms. The SMILES string of the molecule is CC(C)CNCC1(CN2CCCC(C)CC2)CCCOC1. The van der Waals surface area contributed by atoms with E-state index >= 15 is 0 Å². The van der Waals surface area contributed by atoms with E-state index in [0.29, 0.717) is 5.41 Å². The van der Waals surface area contributed by atoms with Crippen LogP contribution in [-0.4, -0.2) is 50.8 Å². The second-order valence-corrected chi connectivity index (χ2v) is 7.99. The first kappa shape index (κ1) is 17.2. The molecule has 2 aliphatic rings. The zero-order valence-corrected chi connectivity index (χ0v) is 14.5. The maximum atomic E-state index is 5.87. The van der Waals surface area contributed by atoms with Gasteiger partial charge in [-0.15, -0.1) is 0 Å². The lowest BCUT2D eigenvalue weighted by atomic mass is 9.81. The van der Waals surface area contributed by atoms with Crippen molar-refractivity contribution in [1.29, 1.82) is 0 Å². The Morgan fingerprint density at radius 2 is 2.10 bits per heavy atom. The molecule has 2 atom stereocenters. The zero-order valence-electron chi connectivity index (χ0n) is 14.5. The molecular formula is C18H36N2O. The molecular weight excluding hydrogens is 260 g/mol. The van der Waals surface area contributed by atoms with E-state index in [1.54, 1.807) is 0 Å². The summed E-state index contributed by atoms with van der Waals surface area (Å²) in [4.78, 5) is 2.72. The number of ether oxygens (including phenoxy) is 1. The Morgan fingerprint density at radius 3 is 2.81 bits per heavy atom. The predicted molar refractivity (Wildman–Crippen MR) is 89.6 cm³/mol. The van der Waals surface area contributed by atoms with E-state index in [1.165, 1.54) is 51.7 Å². The minimum Gasteiger partial charge on any atom is -0.381 e. The average molecular weight is 296 g/mol. The van der Waals surface area contributed by atoms with Crippen LogP contribution in [0.4, 0.5) is 0 Å². The highest BCUT2D eigenvalue weighted by Crippen LogP contribution is 2.30. The minimum atomic E-state index is 0.348. The predicted octanol–water partition coefficient (Wildman–Crippen LogP) is 3.15. The molecule has 0 aliphatic carbocycles. The van der Waals surface area contributed by atoms with Crippen LogP contribution in [0.15, 0.2) is 0 Å². The van der Waals surface area contributed by atoms with Crippen LogP contribution in [0.3, 0.4) is 0 Å². The number of hydrogen-bond donors (Lipinski definition) is 1. The lowest BCUT2D eigenvalue weighted by molar-refractivity contribution is -0.0261. The maximum Gasteiger partial charge on any atom is 0.0546 e. The van der Waals surface area contributed by atoms with Crippen molar-refractivity contribution in [1.82, 2.24) is 10.2 Å². The number of hydrogen-bond acceptors (Lipinski definition) is 3. The van der Waals surface area contributed by atoms with Gasteiger partial charge >= 0.3 is 0 Å². The molecule has 1 N–H and O–H groups in total. The number of likely N-dealkylation sites (tertiary alicyclic amines) is 1. The third kappa shape index (κ3) is 5.88. The summed E-state index contributed by atoms with van der Waals surface area (Å²) < 4.78 is 5.87. The summed E-state index contributed by atoms with van der Waals surface area (Å²) in [5, 5.41) is 3.70. The van der Waals surface area contributed by atoms with Crippen molar-refractivity contribution in [3.8, 4) is 0 Å². The molecule has 0 aromatic carbocycles. The van der Waals surface area contributed by atoms with Crippen molar-refractivity contribution in [3.63, 3.8) is 0 Å². The van der Waals surface area contributed by atoms with Crippen LogP contribution in [0, 0.1) is 17.3 Å². The average Bonchev–Trinajstić information content (AvgIpc) is 2.64. The third-order valence-electron chi connectivity index (χ3n) is 5.13. The second-order valence-electron chi connectivity index (χ2n) is 7.99. The summed E-state index contributed by atoms with van der Waals surface area (Å²) in [5.74, 6) is 1.64. The van der Waals surface area contributed by atoms with Crippen LogP contribution in [0.5, 0.6) is 0 Å². The maximum absolute atomic E-state index is 5.87. The van der Waals surface area contributed by atoms with Gasteiger partial charge in [0.05, 0.1) is 6.61 Å². The van der Waals surface area contributed by atoms with Crippen molar-refractivity contribution in [2.45, 2.75) is 52.9 Å². The molecule has 124 valence electrons. The fourth-order valence-corrected chi connectivity index (χ4v) is 3.81. The van der Waals surface area contributed by atoms with Crippen molar-refractivity contribution >= 4 is 0 Å². The Bertz CT molecular complexity index is 287. The molecule has 2 rings (SSSR count). The van der Waals surface area contributed by atoms with Gasteiger partial charge in [0, 0.05) is 25.1 Å². The molecule has 0 spiro atoms. The Morgan fingerprint density at radius 1 is 1.24 bits per heavy atom. The Balaban J connectivity index is 1.88. The van der Waals surface area contributed by atoms with Crippen LogP contribution < -0.4 is 5.32 Å². The molecule has 2 aliphatic heterocycles. The summed E-state index contributed by atoms with van der Waals surface area (Å²) in [7, 11) is 0. The quantitative estimate of drug-likeness (QED) is 0.815. The normalized spacial score (nSPS) is 32.3. The first-order chi connectivity index (χ1) is 10.1. The summed E-state index contributed by atoms with van der Waals surface area (Å²) in [6.45, 7) is 14.9. The van der Waals surface area contributed by atoms with Gasteiger partial charge in [0.25, 0.3) is 0 Å². The highest BCUT2D eigenvalue weighted by Gasteiger charge is 2.34. The van der Waals surface area contributed by atoms with Crippen LogP contribution in [-0.2, 0) is 4.74 Å². The Kier molecular flexibility index (Phi) is 6.97. The summed E-state index contributed by atoms with van der Waals surface area (Å²) in [6, 6.07) is 0. The summed E-state index contributed by atoms with van der Waals surface area (Å²) >= 11 is 0. The highest BCUT2D eigenvalue weighted by molar-refractivity contribution is 4.88. The molecule has 0 radical (unpaired) electrons. The van der Waals surface area contributed by atoms with E-state index in [-0.39, 0.29) is 0 Å². The van der Waals surface area contributed by atoms with Gasteiger partial charge in [-0.2, -0.15) is 0 Å². The molecule has 2 unspecified atom stereocenters. The first-order valence-corrected chi connectivity index (χ1v) is 9.10.